The van der Waals surface area contributed by atoms with Gasteiger partial charge in [-0.15, -0.1) is 0 Å². The van der Waals surface area contributed by atoms with Crippen LogP contribution in [0, 0.1) is 0 Å². The first-order valence-corrected chi connectivity index (χ1v) is 9.23. The van der Waals surface area contributed by atoms with E-state index in [9.17, 15) is 9.59 Å². The summed E-state index contributed by atoms with van der Waals surface area (Å²) in [6.07, 6.45) is 2.89. The molecule has 2 aromatic carbocycles. The highest BCUT2D eigenvalue weighted by Crippen LogP contribution is 2.32. The summed E-state index contributed by atoms with van der Waals surface area (Å²) in [5.41, 5.74) is 1.69. The van der Waals surface area contributed by atoms with Crippen LogP contribution in [-0.4, -0.2) is 38.8 Å². The van der Waals surface area contributed by atoms with Crippen LogP contribution in [0.3, 0.4) is 0 Å². The third kappa shape index (κ3) is 5.75. The lowest BCUT2D eigenvalue weighted by atomic mass is 10.1. The van der Waals surface area contributed by atoms with E-state index in [1.807, 2.05) is 37.3 Å². The van der Waals surface area contributed by atoms with Crippen molar-refractivity contribution < 1.29 is 28.5 Å². The Morgan fingerprint density at radius 2 is 1.83 bits per heavy atom. The van der Waals surface area contributed by atoms with Crippen molar-refractivity contribution in [3.8, 4) is 17.2 Å². The normalized spacial score (nSPS) is 13.6. The molecular formula is C22H23NO6. The van der Waals surface area contributed by atoms with E-state index in [0.29, 0.717) is 24.7 Å². The molecule has 2 aromatic rings. The number of hydrogen-bond acceptors (Lipinski definition) is 6. The third-order valence-electron chi connectivity index (χ3n) is 4.32. The molecule has 1 heterocycles. The predicted molar refractivity (Wildman–Crippen MR) is 107 cm³/mol. The average molecular weight is 397 g/mol. The molecule has 0 radical (unpaired) electrons. The number of fused-ring (bicyclic) bond motifs is 1. The van der Waals surface area contributed by atoms with Crippen molar-refractivity contribution in [2.75, 3.05) is 26.9 Å². The molecule has 7 nitrogen and oxygen atoms in total. The zero-order valence-electron chi connectivity index (χ0n) is 16.3. The van der Waals surface area contributed by atoms with Gasteiger partial charge in [0, 0.05) is 6.08 Å². The van der Waals surface area contributed by atoms with Crippen molar-refractivity contribution in [1.82, 2.24) is 5.32 Å². The Morgan fingerprint density at radius 1 is 1.10 bits per heavy atom. The molecule has 1 aliphatic rings. The van der Waals surface area contributed by atoms with Gasteiger partial charge in [0.2, 0.25) is 0 Å². The van der Waals surface area contributed by atoms with Crippen LogP contribution in [0.1, 0.15) is 24.1 Å². The van der Waals surface area contributed by atoms with E-state index in [4.69, 9.17) is 18.9 Å². The fourth-order valence-electron chi connectivity index (χ4n) is 2.76. The second-order valence-corrected chi connectivity index (χ2v) is 6.41. The van der Waals surface area contributed by atoms with Gasteiger partial charge in [-0.3, -0.25) is 4.79 Å². The number of amides is 1. The minimum Gasteiger partial charge on any atom is -0.497 e. The molecule has 152 valence electrons. The van der Waals surface area contributed by atoms with Gasteiger partial charge < -0.3 is 24.3 Å². The molecule has 0 spiro atoms. The van der Waals surface area contributed by atoms with Gasteiger partial charge in [0.15, 0.2) is 18.1 Å². The quantitative estimate of drug-likeness (QED) is 0.571. The van der Waals surface area contributed by atoms with Crippen molar-refractivity contribution in [2.24, 2.45) is 0 Å². The zero-order chi connectivity index (χ0) is 20.6. The first-order chi connectivity index (χ1) is 14.0. The molecule has 1 amide bonds. The molecule has 0 fully saturated rings. The van der Waals surface area contributed by atoms with E-state index in [2.05, 4.69) is 5.32 Å². The Labute approximate surface area is 169 Å². The average Bonchev–Trinajstić information content (AvgIpc) is 2.76. The fourth-order valence-corrected chi connectivity index (χ4v) is 2.76. The first-order valence-electron chi connectivity index (χ1n) is 9.23. The molecule has 1 N–H and O–H groups in total. The molecule has 0 saturated heterocycles. The highest BCUT2D eigenvalue weighted by molar-refractivity contribution is 5.89. The number of ether oxygens (including phenoxy) is 4. The maximum Gasteiger partial charge on any atom is 0.331 e. The largest absolute Gasteiger partial charge is 0.497 e. The summed E-state index contributed by atoms with van der Waals surface area (Å²) in [4.78, 5) is 23.9. The summed E-state index contributed by atoms with van der Waals surface area (Å²) in [5.74, 6) is 1.09. The van der Waals surface area contributed by atoms with Gasteiger partial charge in [-0.1, -0.05) is 18.2 Å². The SMILES string of the molecule is COc1ccc(/C=C/C(=O)OCC(=O)NC(C)c2ccc3c(c2)OCCO3)cc1. The first kappa shape index (κ1) is 20.3. The fraction of sp³-hybridized carbons (Fsp3) is 0.273. The molecule has 0 saturated carbocycles. The van der Waals surface area contributed by atoms with Crippen LogP contribution in [-0.2, 0) is 14.3 Å². The number of hydrogen-bond donors (Lipinski definition) is 1. The number of carbonyl (C=O) groups excluding carboxylic acids is 2. The standard InChI is InChI=1S/C22H23NO6/c1-15(17-6-9-19-20(13-17)28-12-11-27-19)23-21(24)14-29-22(25)10-5-16-3-7-18(26-2)8-4-16/h3-10,13,15H,11-12,14H2,1-2H3,(H,23,24)/b10-5+. The van der Waals surface area contributed by atoms with Crippen molar-refractivity contribution in [1.29, 1.82) is 0 Å². The summed E-state index contributed by atoms with van der Waals surface area (Å²) >= 11 is 0. The monoisotopic (exact) mass is 397 g/mol. The van der Waals surface area contributed by atoms with E-state index >= 15 is 0 Å². The summed E-state index contributed by atoms with van der Waals surface area (Å²) in [6.45, 7) is 2.50. The number of esters is 1. The van der Waals surface area contributed by atoms with Gasteiger partial charge in [-0.05, 0) is 48.4 Å². The number of rotatable bonds is 7. The van der Waals surface area contributed by atoms with Crippen LogP contribution in [0.2, 0.25) is 0 Å². The van der Waals surface area contributed by atoms with E-state index < -0.39 is 11.9 Å². The summed E-state index contributed by atoms with van der Waals surface area (Å²) in [7, 11) is 1.59. The van der Waals surface area contributed by atoms with Gasteiger partial charge in [0.05, 0.1) is 13.2 Å². The summed E-state index contributed by atoms with van der Waals surface area (Å²) < 4.78 is 21.1. The van der Waals surface area contributed by atoms with Crippen molar-refractivity contribution in [3.05, 3.63) is 59.7 Å². The van der Waals surface area contributed by atoms with Crippen molar-refractivity contribution >= 4 is 18.0 Å². The molecule has 0 bridgehead atoms. The summed E-state index contributed by atoms with van der Waals surface area (Å²) in [6, 6.07) is 12.4. The van der Waals surface area contributed by atoms with Crippen LogP contribution in [0.5, 0.6) is 17.2 Å². The van der Waals surface area contributed by atoms with Crippen LogP contribution in [0.15, 0.2) is 48.5 Å². The van der Waals surface area contributed by atoms with E-state index in [-0.39, 0.29) is 12.6 Å². The van der Waals surface area contributed by atoms with Gasteiger partial charge in [0.25, 0.3) is 5.91 Å². The molecule has 1 atom stereocenters. The molecule has 1 unspecified atom stereocenters. The molecule has 0 aliphatic carbocycles. The molecule has 3 rings (SSSR count). The van der Waals surface area contributed by atoms with Gasteiger partial charge in [-0.25, -0.2) is 4.79 Å². The Morgan fingerprint density at radius 3 is 2.55 bits per heavy atom. The van der Waals surface area contributed by atoms with Crippen LogP contribution in [0.25, 0.3) is 6.08 Å². The maximum absolute atomic E-state index is 12.1. The van der Waals surface area contributed by atoms with E-state index in [1.165, 1.54) is 6.08 Å². The minimum atomic E-state index is -0.594. The Bertz CT molecular complexity index is 891. The number of nitrogens with one attached hydrogen (secondary N) is 1. The Kier molecular flexibility index (Phi) is 6.73. The number of methoxy groups -OCH3 is 1. The van der Waals surface area contributed by atoms with Gasteiger partial charge in [0.1, 0.15) is 19.0 Å². The molecule has 0 aromatic heterocycles. The van der Waals surface area contributed by atoms with E-state index in [1.54, 1.807) is 25.3 Å². The second-order valence-electron chi connectivity index (χ2n) is 6.41. The predicted octanol–water partition coefficient (Wildman–Crippen LogP) is 2.90. The van der Waals surface area contributed by atoms with Crippen LogP contribution < -0.4 is 19.5 Å². The molecule has 7 heteroatoms. The number of carbonyl (C=O) groups is 2. The maximum atomic E-state index is 12.1. The van der Waals surface area contributed by atoms with Crippen LogP contribution >= 0.6 is 0 Å². The van der Waals surface area contributed by atoms with Gasteiger partial charge >= 0.3 is 5.97 Å². The van der Waals surface area contributed by atoms with Crippen molar-refractivity contribution in [2.45, 2.75) is 13.0 Å². The van der Waals surface area contributed by atoms with Crippen molar-refractivity contribution in [3.63, 3.8) is 0 Å². The Hall–Kier alpha value is -3.48. The molecular weight excluding hydrogens is 374 g/mol. The second kappa shape index (κ2) is 9.64. The van der Waals surface area contributed by atoms with Gasteiger partial charge in [-0.2, -0.15) is 0 Å². The lowest BCUT2D eigenvalue weighted by molar-refractivity contribution is -0.144. The highest BCUT2D eigenvalue weighted by atomic mass is 16.6. The Balaban J connectivity index is 1.46. The van der Waals surface area contributed by atoms with Crippen LogP contribution in [0.4, 0.5) is 0 Å². The topological polar surface area (TPSA) is 83.1 Å². The molecule has 1 aliphatic heterocycles. The van der Waals surface area contributed by atoms with E-state index in [0.717, 1.165) is 16.9 Å². The summed E-state index contributed by atoms with van der Waals surface area (Å²) in [5, 5.41) is 2.79. The minimum absolute atomic E-state index is 0.271. The molecule has 29 heavy (non-hydrogen) atoms. The third-order valence-corrected chi connectivity index (χ3v) is 4.32. The highest BCUT2D eigenvalue weighted by Gasteiger charge is 2.16. The lowest BCUT2D eigenvalue weighted by Gasteiger charge is -2.21. The lowest BCUT2D eigenvalue weighted by Crippen LogP contribution is -2.31. The number of benzene rings is 2. The zero-order valence-corrected chi connectivity index (χ0v) is 16.3. The smallest absolute Gasteiger partial charge is 0.331 e.